The molecule has 0 saturated carbocycles. The number of rotatable bonds is 4. The van der Waals surface area contributed by atoms with Crippen molar-refractivity contribution < 1.29 is 18.0 Å². The smallest absolute Gasteiger partial charge is 0.229 e. The molecular weight excluding hydrogens is 218 g/mol. The van der Waals surface area contributed by atoms with Gasteiger partial charge in [-0.25, -0.2) is 8.42 Å². The van der Waals surface area contributed by atoms with Gasteiger partial charge in [0.25, 0.3) is 0 Å². The normalized spacial score (nSPS) is 18.1. The highest BCUT2D eigenvalue weighted by atomic mass is 32.2. The maximum Gasteiger partial charge on any atom is 0.229 e. The summed E-state index contributed by atoms with van der Waals surface area (Å²) in [7, 11) is -3.12. The van der Waals surface area contributed by atoms with Crippen LogP contribution in [0.15, 0.2) is 11.5 Å². The van der Waals surface area contributed by atoms with Crippen LogP contribution < -0.4 is 0 Å². The lowest BCUT2D eigenvalue weighted by Crippen LogP contribution is -2.29. The number of likely N-dealkylation sites (tertiary alicyclic amines) is 1. The van der Waals surface area contributed by atoms with Crippen molar-refractivity contribution in [2.24, 2.45) is 0 Å². The summed E-state index contributed by atoms with van der Waals surface area (Å²) in [6.45, 7) is 0.268. The van der Waals surface area contributed by atoms with Crippen LogP contribution in [0.1, 0.15) is 19.3 Å². The monoisotopic (exact) mass is 231 g/mol. The van der Waals surface area contributed by atoms with Crippen molar-refractivity contribution in [1.29, 1.82) is 0 Å². The van der Waals surface area contributed by atoms with Gasteiger partial charge >= 0.3 is 0 Å². The third kappa shape index (κ3) is 3.83. The fourth-order valence-electron chi connectivity index (χ4n) is 1.32. The minimum absolute atomic E-state index is 0.173. The molecule has 0 N–H and O–H groups in total. The summed E-state index contributed by atoms with van der Waals surface area (Å²) in [6, 6.07) is 0. The largest absolute Gasteiger partial charge is 0.282 e. The van der Waals surface area contributed by atoms with Gasteiger partial charge in [-0.15, -0.1) is 0 Å². The Morgan fingerprint density at radius 3 is 2.27 bits per heavy atom. The highest BCUT2D eigenvalue weighted by Gasteiger charge is 2.27. The van der Waals surface area contributed by atoms with Crippen molar-refractivity contribution in [3.05, 3.63) is 11.5 Å². The van der Waals surface area contributed by atoms with E-state index >= 15 is 0 Å². The first-order chi connectivity index (χ1) is 6.90. The molecule has 1 rings (SSSR count). The highest BCUT2D eigenvalue weighted by molar-refractivity contribution is 7.93. The summed E-state index contributed by atoms with van der Waals surface area (Å²) < 4.78 is 21.4. The van der Waals surface area contributed by atoms with E-state index < -0.39 is 9.84 Å². The van der Waals surface area contributed by atoms with Crippen LogP contribution in [0, 0.1) is 0 Å². The van der Waals surface area contributed by atoms with Crippen LogP contribution in [-0.2, 0) is 19.4 Å². The van der Waals surface area contributed by atoms with E-state index in [2.05, 4.69) is 0 Å². The molecule has 0 spiro atoms. The zero-order valence-corrected chi connectivity index (χ0v) is 9.29. The number of hydrogen-bond acceptors (Lipinski definition) is 4. The molecule has 1 saturated heterocycles. The van der Waals surface area contributed by atoms with Gasteiger partial charge in [0.2, 0.25) is 11.8 Å². The number of imide groups is 1. The summed E-state index contributed by atoms with van der Waals surface area (Å²) in [5, 5.41) is 1.08. The summed E-state index contributed by atoms with van der Waals surface area (Å²) in [5.41, 5.74) is 0. The molecule has 0 aromatic heterocycles. The van der Waals surface area contributed by atoms with Gasteiger partial charge in [0, 0.05) is 31.1 Å². The standard InChI is InChI=1S/C9H13NO4S/c1-15(13,14)7-3-2-6-10-8(11)4-5-9(10)12/h3,7H,2,4-6H2,1H3. The molecule has 1 heterocycles. The molecule has 0 radical (unpaired) electrons. The van der Waals surface area contributed by atoms with Gasteiger partial charge in [-0.2, -0.15) is 0 Å². The third-order valence-electron chi connectivity index (χ3n) is 2.02. The second kappa shape index (κ2) is 4.57. The van der Waals surface area contributed by atoms with Crippen molar-refractivity contribution in [2.45, 2.75) is 19.3 Å². The second-order valence-corrected chi connectivity index (χ2v) is 5.36. The number of carbonyl (C=O) groups excluding carboxylic acids is 2. The lowest BCUT2D eigenvalue weighted by Gasteiger charge is -2.11. The molecule has 0 bridgehead atoms. The van der Waals surface area contributed by atoms with Gasteiger partial charge in [0.05, 0.1) is 0 Å². The van der Waals surface area contributed by atoms with Crippen LogP contribution in [0.2, 0.25) is 0 Å². The Morgan fingerprint density at radius 2 is 1.80 bits per heavy atom. The van der Waals surface area contributed by atoms with Gasteiger partial charge in [-0.1, -0.05) is 6.08 Å². The average Bonchev–Trinajstić information content (AvgIpc) is 2.40. The van der Waals surface area contributed by atoms with E-state index in [4.69, 9.17) is 0 Å². The molecule has 6 heteroatoms. The predicted octanol–water partition coefficient (Wildman–Crippen LogP) is 0.0838. The Hall–Kier alpha value is -1.17. The Morgan fingerprint density at radius 1 is 1.27 bits per heavy atom. The van der Waals surface area contributed by atoms with Crippen LogP contribution in [0.4, 0.5) is 0 Å². The average molecular weight is 231 g/mol. The number of hydrogen-bond donors (Lipinski definition) is 0. The lowest BCUT2D eigenvalue weighted by atomic mass is 10.4. The van der Waals surface area contributed by atoms with Gasteiger partial charge < -0.3 is 0 Å². The first kappa shape index (κ1) is 11.9. The minimum atomic E-state index is -3.12. The quantitative estimate of drug-likeness (QED) is 0.642. The van der Waals surface area contributed by atoms with Gasteiger partial charge in [-0.05, 0) is 6.42 Å². The van der Waals surface area contributed by atoms with E-state index in [9.17, 15) is 18.0 Å². The van der Waals surface area contributed by atoms with E-state index in [1.807, 2.05) is 0 Å². The van der Waals surface area contributed by atoms with E-state index in [0.717, 1.165) is 11.7 Å². The molecule has 1 aliphatic rings. The molecule has 1 aliphatic heterocycles. The maximum absolute atomic E-state index is 11.1. The van der Waals surface area contributed by atoms with Crippen molar-refractivity contribution in [3.8, 4) is 0 Å². The van der Waals surface area contributed by atoms with Gasteiger partial charge in [-0.3, -0.25) is 14.5 Å². The molecule has 0 aromatic carbocycles. The fraction of sp³-hybridized carbons (Fsp3) is 0.556. The molecule has 1 fully saturated rings. The Balaban J connectivity index is 2.41. The molecule has 0 atom stereocenters. The number of sulfone groups is 1. The molecule has 5 nitrogen and oxygen atoms in total. The molecule has 2 amide bonds. The Bertz CT molecular complexity index is 380. The van der Waals surface area contributed by atoms with E-state index in [-0.39, 0.29) is 31.2 Å². The predicted molar refractivity (Wildman–Crippen MR) is 54.6 cm³/mol. The number of carbonyl (C=O) groups is 2. The highest BCUT2D eigenvalue weighted by Crippen LogP contribution is 2.11. The van der Waals surface area contributed by atoms with Crippen molar-refractivity contribution in [2.75, 3.05) is 12.8 Å². The first-order valence-electron chi connectivity index (χ1n) is 4.60. The van der Waals surface area contributed by atoms with Crippen LogP contribution in [0.25, 0.3) is 0 Å². The summed E-state index contributed by atoms with van der Waals surface area (Å²) in [6.07, 6.45) is 3.47. The summed E-state index contributed by atoms with van der Waals surface area (Å²) in [4.78, 5) is 23.5. The maximum atomic E-state index is 11.1. The first-order valence-corrected chi connectivity index (χ1v) is 6.55. The third-order valence-corrected chi connectivity index (χ3v) is 2.70. The number of amides is 2. The molecule has 0 unspecified atom stereocenters. The van der Waals surface area contributed by atoms with E-state index in [1.165, 1.54) is 11.0 Å². The van der Waals surface area contributed by atoms with Crippen LogP contribution in [0.5, 0.6) is 0 Å². The molecule has 0 aliphatic carbocycles. The topological polar surface area (TPSA) is 71.5 Å². The van der Waals surface area contributed by atoms with Crippen LogP contribution in [0.3, 0.4) is 0 Å². The summed E-state index contributed by atoms with van der Waals surface area (Å²) in [5.74, 6) is -0.347. The van der Waals surface area contributed by atoms with Crippen molar-refractivity contribution in [1.82, 2.24) is 4.90 Å². The molecule has 84 valence electrons. The minimum Gasteiger partial charge on any atom is -0.282 e. The van der Waals surface area contributed by atoms with E-state index in [0.29, 0.717) is 6.42 Å². The summed E-state index contributed by atoms with van der Waals surface area (Å²) >= 11 is 0. The second-order valence-electron chi connectivity index (χ2n) is 3.43. The Kier molecular flexibility index (Phi) is 3.62. The van der Waals surface area contributed by atoms with Gasteiger partial charge in [0.15, 0.2) is 9.84 Å². The number of nitrogens with zero attached hydrogens (tertiary/aromatic N) is 1. The van der Waals surface area contributed by atoms with Crippen LogP contribution in [-0.4, -0.2) is 37.9 Å². The Labute approximate surface area is 88.7 Å². The van der Waals surface area contributed by atoms with Crippen LogP contribution >= 0.6 is 0 Å². The molecule has 15 heavy (non-hydrogen) atoms. The van der Waals surface area contributed by atoms with Crippen molar-refractivity contribution in [3.63, 3.8) is 0 Å². The molecular formula is C9H13NO4S. The van der Waals surface area contributed by atoms with E-state index in [1.54, 1.807) is 0 Å². The zero-order chi connectivity index (χ0) is 11.5. The molecule has 0 aromatic rings. The SMILES string of the molecule is CS(=O)(=O)C=CCCN1C(=O)CCC1=O. The fourth-order valence-corrected chi connectivity index (χ4v) is 1.80. The zero-order valence-electron chi connectivity index (χ0n) is 8.47. The van der Waals surface area contributed by atoms with Crippen molar-refractivity contribution >= 4 is 21.7 Å². The van der Waals surface area contributed by atoms with Gasteiger partial charge in [0.1, 0.15) is 0 Å². The lowest BCUT2D eigenvalue weighted by molar-refractivity contribution is -0.138.